The molecule has 1 aliphatic rings. The summed E-state index contributed by atoms with van der Waals surface area (Å²) in [7, 11) is 0. The summed E-state index contributed by atoms with van der Waals surface area (Å²) in [6.07, 6.45) is 3.08. The van der Waals surface area contributed by atoms with Gasteiger partial charge in [0.05, 0.1) is 4.92 Å². The largest absolute Gasteiger partial charge is 0.366 e. The first-order valence-electron chi connectivity index (χ1n) is 8.85. The van der Waals surface area contributed by atoms with Gasteiger partial charge in [-0.2, -0.15) is 0 Å². The Morgan fingerprint density at radius 2 is 1.89 bits per heavy atom. The van der Waals surface area contributed by atoms with Gasteiger partial charge in [0.2, 0.25) is 0 Å². The van der Waals surface area contributed by atoms with Crippen LogP contribution in [0.4, 0.5) is 21.5 Å². The van der Waals surface area contributed by atoms with Gasteiger partial charge in [0.25, 0.3) is 11.6 Å². The van der Waals surface area contributed by atoms with Crippen molar-refractivity contribution in [3.8, 4) is 0 Å². The van der Waals surface area contributed by atoms with Crippen molar-refractivity contribution in [1.29, 1.82) is 0 Å². The molecule has 0 unspecified atom stereocenters. The van der Waals surface area contributed by atoms with Crippen LogP contribution in [0.5, 0.6) is 0 Å². The van der Waals surface area contributed by atoms with Crippen LogP contribution in [-0.4, -0.2) is 29.0 Å². The van der Waals surface area contributed by atoms with Gasteiger partial charge in [-0.05, 0) is 61.8 Å². The summed E-state index contributed by atoms with van der Waals surface area (Å²) in [5, 5.41) is 16.6. The highest BCUT2D eigenvalue weighted by molar-refractivity contribution is 7.80. The highest BCUT2D eigenvalue weighted by Gasteiger charge is 2.23. The Bertz CT molecular complexity index is 916. The minimum Gasteiger partial charge on any atom is -0.366 e. The van der Waals surface area contributed by atoms with Crippen LogP contribution in [0, 0.1) is 15.9 Å². The lowest BCUT2D eigenvalue weighted by atomic mass is 10.1. The summed E-state index contributed by atoms with van der Waals surface area (Å²) >= 11 is 5.06. The molecular formula is C19H19FN4O3S. The molecule has 0 spiro atoms. The number of halogens is 1. The zero-order valence-electron chi connectivity index (χ0n) is 15.0. The number of hydrogen-bond donors (Lipinski definition) is 2. The molecule has 0 aromatic heterocycles. The van der Waals surface area contributed by atoms with E-state index in [9.17, 15) is 19.3 Å². The number of carbonyl (C=O) groups is 1. The monoisotopic (exact) mass is 402 g/mol. The Kier molecular flexibility index (Phi) is 6.15. The van der Waals surface area contributed by atoms with Gasteiger partial charge in [-0.15, -0.1) is 0 Å². The predicted molar refractivity (Wildman–Crippen MR) is 109 cm³/mol. The van der Waals surface area contributed by atoms with E-state index < -0.39 is 16.6 Å². The third-order valence-corrected chi connectivity index (χ3v) is 4.64. The Morgan fingerprint density at radius 3 is 2.57 bits per heavy atom. The topological polar surface area (TPSA) is 87.5 Å². The van der Waals surface area contributed by atoms with Crippen molar-refractivity contribution in [2.75, 3.05) is 23.3 Å². The smallest absolute Gasteiger partial charge is 0.293 e. The van der Waals surface area contributed by atoms with Crippen LogP contribution < -0.4 is 15.5 Å². The van der Waals surface area contributed by atoms with Crippen molar-refractivity contribution in [2.24, 2.45) is 0 Å². The molecule has 1 heterocycles. The summed E-state index contributed by atoms with van der Waals surface area (Å²) in [6.45, 7) is 1.52. The third-order valence-electron chi connectivity index (χ3n) is 4.44. The van der Waals surface area contributed by atoms with Gasteiger partial charge in [-0.1, -0.05) is 6.07 Å². The SMILES string of the molecule is O=C(NC(=S)Nc1cccc(F)c1)c1ccc(N2CCCCC2)c([N+](=O)[O-])c1. The number of piperidine rings is 1. The molecule has 0 aliphatic carbocycles. The van der Waals surface area contributed by atoms with Crippen molar-refractivity contribution in [3.63, 3.8) is 0 Å². The van der Waals surface area contributed by atoms with Crippen LogP contribution in [0.15, 0.2) is 42.5 Å². The molecule has 9 heteroatoms. The molecule has 1 aliphatic heterocycles. The van der Waals surface area contributed by atoms with E-state index in [1.165, 1.54) is 30.3 Å². The summed E-state index contributed by atoms with van der Waals surface area (Å²) in [5.41, 5.74) is 0.910. The summed E-state index contributed by atoms with van der Waals surface area (Å²) < 4.78 is 13.2. The van der Waals surface area contributed by atoms with Crippen LogP contribution in [-0.2, 0) is 0 Å². The van der Waals surface area contributed by atoms with Crippen LogP contribution in [0.25, 0.3) is 0 Å². The van der Waals surface area contributed by atoms with Crippen molar-refractivity contribution < 1.29 is 14.1 Å². The maximum atomic E-state index is 13.2. The van der Waals surface area contributed by atoms with Crippen LogP contribution >= 0.6 is 12.2 Å². The van der Waals surface area contributed by atoms with Crippen LogP contribution in [0.2, 0.25) is 0 Å². The number of nitro benzene ring substituents is 1. The second kappa shape index (κ2) is 8.75. The van der Waals surface area contributed by atoms with E-state index in [0.29, 0.717) is 11.4 Å². The molecule has 1 amide bonds. The molecule has 1 fully saturated rings. The van der Waals surface area contributed by atoms with E-state index in [2.05, 4.69) is 10.6 Å². The zero-order chi connectivity index (χ0) is 20.1. The lowest BCUT2D eigenvalue weighted by Gasteiger charge is -2.28. The summed E-state index contributed by atoms with van der Waals surface area (Å²) in [4.78, 5) is 25.4. The molecule has 0 saturated carbocycles. The molecule has 2 N–H and O–H groups in total. The number of thiocarbonyl (C=S) groups is 1. The molecule has 2 aromatic carbocycles. The Morgan fingerprint density at radius 1 is 1.14 bits per heavy atom. The molecular weight excluding hydrogens is 383 g/mol. The highest BCUT2D eigenvalue weighted by atomic mass is 32.1. The standard InChI is InChI=1S/C19H19FN4O3S/c20-14-5-4-6-15(12-14)21-19(28)22-18(25)13-7-8-16(17(11-13)24(26)27)23-9-2-1-3-10-23/h4-8,11-12H,1-3,9-10H2,(H2,21,22,25,28). The second-order valence-electron chi connectivity index (χ2n) is 6.43. The average Bonchev–Trinajstić information content (AvgIpc) is 2.68. The number of amides is 1. The van der Waals surface area contributed by atoms with E-state index in [4.69, 9.17) is 12.2 Å². The lowest BCUT2D eigenvalue weighted by molar-refractivity contribution is -0.384. The summed E-state index contributed by atoms with van der Waals surface area (Å²) in [5.74, 6) is -1.02. The van der Waals surface area contributed by atoms with E-state index in [1.807, 2.05) is 4.90 Å². The molecule has 146 valence electrons. The first-order valence-corrected chi connectivity index (χ1v) is 9.26. The maximum absolute atomic E-state index is 13.2. The minimum atomic E-state index is -0.581. The van der Waals surface area contributed by atoms with Crippen molar-refractivity contribution in [3.05, 3.63) is 64.0 Å². The number of nitrogens with one attached hydrogen (secondary N) is 2. The van der Waals surface area contributed by atoms with E-state index in [0.717, 1.165) is 32.4 Å². The highest BCUT2D eigenvalue weighted by Crippen LogP contribution is 2.31. The van der Waals surface area contributed by atoms with Crippen LogP contribution in [0.3, 0.4) is 0 Å². The van der Waals surface area contributed by atoms with Crippen molar-refractivity contribution in [2.45, 2.75) is 19.3 Å². The van der Waals surface area contributed by atoms with Gasteiger partial charge in [-0.25, -0.2) is 4.39 Å². The molecule has 1 saturated heterocycles. The molecule has 0 bridgehead atoms. The predicted octanol–water partition coefficient (Wildman–Crippen LogP) is 3.85. The van der Waals surface area contributed by atoms with Gasteiger partial charge < -0.3 is 10.2 Å². The molecule has 0 radical (unpaired) electrons. The lowest BCUT2D eigenvalue weighted by Crippen LogP contribution is -2.34. The number of benzene rings is 2. The normalized spacial score (nSPS) is 13.7. The number of nitrogens with zero attached hydrogens (tertiary/aromatic N) is 2. The first kappa shape index (κ1) is 19.7. The molecule has 7 nitrogen and oxygen atoms in total. The quantitative estimate of drug-likeness (QED) is 0.459. The van der Waals surface area contributed by atoms with Gasteiger partial charge >= 0.3 is 0 Å². The fourth-order valence-electron chi connectivity index (χ4n) is 3.12. The first-order chi connectivity index (χ1) is 13.4. The number of nitro groups is 1. The van der Waals surface area contributed by atoms with E-state index in [1.54, 1.807) is 12.1 Å². The molecule has 28 heavy (non-hydrogen) atoms. The van der Waals surface area contributed by atoms with Gasteiger partial charge in [0.1, 0.15) is 11.5 Å². The Balaban J connectivity index is 1.73. The Hall–Kier alpha value is -3.07. The van der Waals surface area contributed by atoms with Gasteiger partial charge in [0, 0.05) is 30.4 Å². The fourth-order valence-corrected chi connectivity index (χ4v) is 3.33. The zero-order valence-corrected chi connectivity index (χ0v) is 15.8. The van der Waals surface area contributed by atoms with Gasteiger partial charge in [-0.3, -0.25) is 20.2 Å². The number of carbonyl (C=O) groups excluding carboxylic acids is 1. The van der Waals surface area contributed by atoms with Crippen LogP contribution in [0.1, 0.15) is 29.6 Å². The fraction of sp³-hybridized carbons (Fsp3) is 0.263. The maximum Gasteiger partial charge on any atom is 0.293 e. The average molecular weight is 402 g/mol. The minimum absolute atomic E-state index is 0.0293. The number of hydrogen-bond acceptors (Lipinski definition) is 5. The van der Waals surface area contributed by atoms with E-state index >= 15 is 0 Å². The number of anilines is 2. The third kappa shape index (κ3) is 4.80. The van der Waals surface area contributed by atoms with Gasteiger partial charge in [0.15, 0.2) is 5.11 Å². The van der Waals surface area contributed by atoms with Crippen molar-refractivity contribution >= 4 is 40.3 Å². The van der Waals surface area contributed by atoms with E-state index in [-0.39, 0.29) is 16.4 Å². The number of rotatable bonds is 4. The molecule has 3 rings (SSSR count). The molecule has 0 atom stereocenters. The second-order valence-corrected chi connectivity index (χ2v) is 6.84. The van der Waals surface area contributed by atoms with Crippen molar-refractivity contribution in [1.82, 2.24) is 5.32 Å². The summed E-state index contributed by atoms with van der Waals surface area (Å²) in [6, 6.07) is 10.0. The Labute approximate surface area is 166 Å². The molecule has 2 aromatic rings.